The van der Waals surface area contributed by atoms with Crippen LogP contribution in [0.25, 0.3) is 11.4 Å². The molecule has 212 valence electrons. The third-order valence-electron chi connectivity index (χ3n) is 6.99. The van der Waals surface area contributed by atoms with Gasteiger partial charge >= 0.3 is 5.97 Å². The highest BCUT2D eigenvalue weighted by atomic mass is 32.1. The van der Waals surface area contributed by atoms with Crippen LogP contribution >= 0.6 is 11.3 Å². The van der Waals surface area contributed by atoms with Crippen molar-refractivity contribution >= 4 is 23.2 Å². The van der Waals surface area contributed by atoms with Gasteiger partial charge in [-0.3, -0.25) is 4.79 Å². The first-order valence-corrected chi connectivity index (χ1v) is 14.6. The smallest absolute Gasteiger partial charge is 0.367 e. The Morgan fingerprint density at radius 3 is 2.54 bits per heavy atom. The van der Waals surface area contributed by atoms with Crippen molar-refractivity contribution < 1.29 is 23.8 Å². The number of carbonyl (C=O) groups excluding carboxylic acids is 2. The fraction of sp³-hybridized carbons (Fsp3) is 0.500. The summed E-state index contributed by atoms with van der Waals surface area (Å²) in [6, 6.07) is 7.76. The van der Waals surface area contributed by atoms with Gasteiger partial charge in [-0.25, -0.2) is 9.78 Å². The van der Waals surface area contributed by atoms with Crippen molar-refractivity contribution in [3.8, 4) is 22.9 Å². The molecule has 0 aliphatic carbocycles. The van der Waals surface area contributed by atoms with E-state index >= 15 is 0 Å². The van der Waals surface area contributed by atoms with E-state index in [1.807, 2.05) is 36.6 Å². The number of methoxy groups -OCH3 is 2. The third kappa shape index (κ3) is 7.62. The van der Waals surface area contributed by atoms with Crippen molar-refractivity contribution in [2.24, 2.45) is 5.92 Å². The number of nitrogens with zero attached hydrogens (tertiary/aromatic N) is 2. The number of unbranched alkanes of at least 4 members (excludes halogenated alkanes) is 1. The third-order valence-corrected chi connectivity index (χ3v) is 7.82. The lowest BCUT2D eigenvalue weighted by atomic mass is 9.99. The topological polar surface area (TPSA) is 91.7 Å². The minimum Gasteiger partial charge on any atom is -0.493 e. The van der Waals surface area contributed by atoms with Gasteiger partial charge in [0.15, 0.2) is 11.5 Å². The molecule has 2 aromatic heterocycles. The monoisotopic (exact) mass is 555 g/mol. The number of ether oxygens (including phenoxy) is 3. The van der Waals surface area contributed by atoms with Crippen molar-refractivity contribution in [3.63, 3.8) is 0 Å². The predicted octanol–water partition coefficient (Wildman–Crippen LogP) is 6.30. The second kappa shape index (κ2) is 14.7. The standard InChI is InChI=1S/C30H41N3O5S/c1-7-10-11-21(8-2)18-31-28(34)23-17-25(24-19-39-29(32-24)30(35)38-9-3)33(20(23)4)15-14-22-12-13-26(36-5)27(16-22)37-6/h12-13,16-17,19,21H,7-11,14-15,18H2,1-6H3,(H,31,34). The summed E-state index contributed by atoms with van der Waals surface area (Å²) in [6.45, 7) is 9.65. The minimum absolute atomic E-state index is 0.0885. The number of hydrogen-bond acceptors (Lipinski definition) is 7. The first-order valence-electron chi connectivity index (χ1n) is 13.7. The van der Waals surface area contributed by atoms with Crippen molar-refractivity contribution in [1.29, 1.82) is 0 Å². The van der Waals surface area contributed by atoms with E-state index in [9.17, 15) is 9.59 Å². The van der Waals surface area contributed by atoms with Crippen LogP contribution in [0.3, 0.4) is 0 Å². The molecule has 1 amide bonds. The first-order chi connectivity index (χ1) is 18.9. The maximum absolute atomic E-state index is 13.3. The number of hydrogen-bond donors (Lipinski definition) is 1. The fourth-order valence-corrected chi connectivity index (χ4v) is 5.31. The number of carbonyl (C=O) groups is 2. The lowest BCUT2D eigenvalue weighted by molar-refractivity contribution is 0.0526. The summed E-state index contributed by atoms with van der Waals surface area (Å²) in [6.07, 6.45) is 5.16. The van der Waals surface area contributed by atoms with Gasteiger partial charge in [0.25, 0.3) is 5.91 Å². The van der Waals surface area contributed by atoms with E-state index in [4.69, 9.17) is 14.2 Å². The highest BCUT2D eigenvalue weighted by Crippen LogP contribution is 2.30. The summed E-state index contributed by atoms with van der Waals surface area (Å²) in [4.78, 5) is 30.2. The Hall–Kier alpha value is -3.33. The summed E-state index contributed by atoms with van der Waals surface area (Å²) in [5, 5.41) is 5.30. The van der Waals surface area contributed by atoms with Crippen molar-refractivity contribution in [2.45, 2.75) is 66.3 Å². The molecule has 9 heteroatoms. The van der Waals surface area contributed by atoms with Gasteiger partial charge in [0, 0.05) is 24.2 Å². The molecule has 0 aliphatic heterocycles. The molecule has 0 radical (unpaired) electrons. The van der Waals surface area contributed by atoms with Gasteiger partial charge in [-0.1, -0.05) is 39.2 Å². The average molecular weight is 556 g/mol. The number of amides is 1. The predicted molar refractivity (Wildman–Crippen MR) is 155 cm³/mol. The highest BCUT2D eigenvalue weighted by Gasteiger charge is 2.22. The van der Waals surface area contributed by atoms with E-state index < -0.39 is 5.97 Å². The Bertz CT molecular complexity index is 1250. The molecule has 1 N–H and O–H groups in total. The molecular formula is C30H41N3O5S. The molecule has 0 saturated carbocycles. The highest BCUT2D eigenvalue weighted by molar-refractivity contribution is 7.11. The van der Waals surface area contributed by atoms with Gasteiger partial charge in [-0.05, 0) is 56.4 Å². The Morgan fingerprint density at radius 2 is 1.87 bits per heavy atom. The molecule has 0 saturated heterocycles. The Balaban J connectivity index is 1.90. The fourth-order valence-electron chi connectivity index (χ4n) is 4.61. The molecule has 3 aromatic rings. The molecule has 3 rings (SSSR count). The number of thiazole rings is 1. The van der Waals surface area contributed by atoms with Crippen LogP contribution in [-0.4, -0.2) is 48.8 Å². The van der Waals surface area contributed by atoms with Gasteiger partial charge in [-0.2, -0.15) is 0 Å². The van der Waals surface area contributed by atoms with Gasteiger partial charge in [0.1, 0.15) is 0 Å². The zero-order chi connectivity index (χ0) is 28.4. The van der Waals surface area contributed by atoms with E-state index in [1.165, 1.54) is 11.3 Å². The van der Waals surface area contributed by atoms with Crippen molar-refractivity contribution in [1.82, 2.24) is 14.9 Å². The van der Waals surface area contributed by atoms with Crippen LogP contribution < -0.4 is 14.8 Å². The number of nitrogens with one attached hydrogen (secondary N) is 1. The number of rotatable bonds is 15. The van der Waals surface area contributed by atoms with Crippen LogP contribution in [0.4, 0.5) is 0 Å². The van der Waals surface area contributed by atoms with E-state index in [2.05, 4.69) is 28.7 Å². The second-order valence-corrected chi connectivity index (χ2v) is 10.4. The van der Waals surface area contributed by atoms with Crippen molar-refractivity contribution in [2.75, 3.05) is 27.4 Å². The largest absolute Gasteiger partial charge is 0.493 e. The molecular weight excluding hydrogens is 514 g/mol. The molecule has 1 aromatic carbocycles. The summed E-state index contributed by atoms with van der Waals surface area (Å²) in [7, 11) is 3.24. The van der Waals surface area contributed by atoms with Crippen LogP contribution in [0, 0.1) is 12.8 Å². The first kappa shape index (κ1) is 30.2. The quantitative estimate of drug-likeness (QED) is 0.221. The Morgan fingerprint density at radius 1 is 1.10 bits per heavy atom. The van der Waals surface area contributed by atoms with Gasteiger partial charge in [0.2, 0.25) is 5.01 Å². The van der Waals surface area contributed by atoms with Crippen LogP contribution in [0.15, 0.2) is 29.6 Å². The van der Waals surface area contributed by atoms with Gasteiger partial charge < -0.3 is 24.1 Å². The Labute approximate surface area is 235 Å². The zero-order valence-electron chi connectivity index (χ0n) is 24.0. The van der Waals surface area contributed by atoms with Crippen LogP contribution in [0.5, 0.6) is 11.5 Å². The normalized spacial score (nSPS) is 11.7. The molecule has 0 spiro atoms. The molecule has 0 bridgehead atoms. The maximum Gasteiger partial charge on any atom is 0.367 e. The maximum atomic E-state index is 13.3. The van der Waals surface area contributed by atoms with E-state index in [0.717, 1.165) is 42.6 Å². The lowest BCUT2D eigenvalue weighted by Crippen LogP contribution is -2.29. The van der Waals surface area contributed by atoms with Crippen LogP contribution in [-0.2, 0) is 17.7 Å². The molecule has 2 heterocycles. The molecule has 1 atom stereocenters. The molecule has 0 aliphatic rings. The van der Waals surface area contributed by atoms with E-state index in [0.29, 0.717) is 53.2 Å². The van der Waals surface area contributed by atoms with Crippen LogP contribution in [0.2, 0.25) is 0 Å². The number of benzene rings is 1. The number of esters is 1. The van der Waals surface area contributed by atoms with E-state index in [-0.39, 0.29) is 12.5 Å². The molecule has 39 heavy (non-hydrogen) atoms. The number of aromatic nitrogens is 2. The molecule has 8 nitrogen and oxygen atoms in total. The summed E-state index contributed by atoms with van der Waals surface area (Å²) in [5.41, 5.74) is 3.99. The number of aryl methyl sites for hydroxylation is 1. The summed E-state index contributed by atoms with van der Waals surface area (Å²) >= 11 is 1.24. The second-order valence-electron chi connectivity index (χ2n) is 9.50. The summed E-state index contributed by atoms with van der Waals surface area (Å²) < 4.78 is 18.1. The zero-order valence-corrected chi connectivity index (χ0v) is 24.8. The van der Waals surface area contributed by atoms with E-state index in [1.54, 1.807) is 21.1 Å². The van der Waals surface area contributed by atoms with Gasteiger partial charge in [0.05, 0.1) is 37.8 Å². The average Bonchev–Trinajstić information content (AvgIpc) is 3.56. The van der Waals surface area contributed by atoms with Crippen molar-refractivity contribution in [3.05, 3.63) is 51.5 Å². The minimum atomic E-state index is -0.440. The van der Waals surface area contributed by atoms with Crippen LogP contribution in [0.1, 0.15) is 77.9 Å². The Kier molecular flexibility index (Phi) is 11.4. The SMILES string of the molecule is CCCCC(CC)CNC(=O)c1cc(-c2csc(C(=O)OCC)n2)n(CCc2ccc(OC)c(OC)c2)c1C. The molecule has 0 fully saturated rings. The lowest BCUT2D eigenvalue weighted by Gasteiger charge is -2.15. The van der Waals surface area contributed by atoms with Gasteiger partial charge in [-0.15, -0.1) is 11.3 Å². The molecule has 1 unspecified atom stereocenters. The summed E-state index contributed by atoms with van der Waals surface area (Å²) in [5.74, 6) is 1.29.